The molecule has 2 N–H and O–H groups in total. The molecule has 1 rings (SSSR count). The molecule has 2 atom stereocenters. The molecule has 0 radical (unpaired) electrons. The normalized spacial score (nSPS) is 15.7. The third-order valence-corrected chi connectivity index (χ3v) is 3.68. The molecule has 0 bridgehead atoms. The monoisotopic (exact) mass is 311 g/mol. The van der Waals surface area contributed by atoms with Crippen LogP contribution >= 0.6 is 12.6 Å². The number of rotatable bonds is 4. The van der Waals surface area contributed by atoms with Crippen molar-refractivity contribution in [3.8, 4) is 0 Å². The number of carbonyl (C=O) groups is 2. The van der Waals surface area contributed by atoms with Crippen molar-refractivity contribution in [1.29, 1.82) is 0 Å². The molecule has 1 aromatic rings. The molecule has 0 fully saturated rings. The molecule has 0 aliphatic rings. The molecule has 21 heavy (non-hydrogen) atoms. The molecule has 0 aliphatic carbocycles. The van der Waals surface area contributed by atoms with Gasteiger partial charge in [-0.3, -0.25) is 0 Å². The summed E-state index contributed by atoms with van der Waals surface area (Å²) in [5, 5.41) is 11.2. The zero-order valence-electron chi connectivity index (χ0n) is 12.6. The average molecular weight is 311 g/mol. The number of thiol groups is 1. The van der Waals surface area contributed by atoms with E-state index in [2.05, 4.69) is 17.9 Å². The first-order valence-corrected chi connectivity index (χ1v) is 7.05. The Balaban J connectivity index is 2.99. The molecule has 0 aromatic heterocycles. The summed E-state index contributed by atoms with van der Waals surface area (Å²) in [6.45, 7) is 6.53. The van der Waals surface area contributed by atoms with Crippen molar-refractivity contribution in [2.45, 2.75) is 44.1 Å². The number of alkyl carbamates (subject to hydrolysis) is 1. The van der Waals surface area contributed by atoms with E-state index in [1.54, 1.807) is 45.0 Å². The van der Waals surface area contributed by atoms with E-state index in [1.807, 2.05) is 6.07 Å². The second-order valence-electron chi connectivity index (χ2n) is 5.95. The third kappa shape index (κ3) is 4.67. The Morgan fingerprint density at radius 1 is 1.19 bits per heavy atom. The molecule has 1 amide bonds. The van der Waals surface area contributed by atoms with Gasteiger partial charge in [0.15, 0.2) is 5.54 Å². The second-order valence-corrected chi connectivity index (χ2v) is 6.46. The van der Waals surface area contributed by atoms with Crippen molar-refractivity contribution in [3.63, 3.8) is 0 Å². The molecule has 5 nitrogen and oxygen atoms in total. The van der Waals surface area contributed by atoms with Gasteiger partial charge < -0.3 is 15.2 Å². The zero-order valence-corrected chi connectivity index (χ0v) is 13.5. The molecule has 6 heteroatoms. The Hall–Kier alpha value is -1.69. The van der Waals surface area contributed by atoms with Crippen LogP contribution in [0.15, 0.2) is 30.3 Å². The Morgan fingerprint density at radius 2 is 1.71 bits per heavy atom. The van der Waals surface area contributed by atoms with Gasteiger partial charge in [0.1, 0.15) is 5.60 Å². The van der Waals surface area contributed by atoms with Gasteiger partial charge in [-0.15, -0.1) is 0 Å². The highest BCUT2D eigenvalue weighted by molar-refractivity contribution is 7.80. The molecule has 0 heterocycles. The van der Waals surface area contributed by atoms with Crippen LogP contribution in [0.2, 0.25) is 0 Å². The first-order chi connectivity index (χ1) is 9.56. The van der Waals surface area contributed by atoms with Crippen LogP contribution in [-0.4, -0.2) is 28.3 Å². The molecule has 0 saturated heterocycles. The van der Waals surface area contributed by atoms with E-state index in [0.29, 0.717) is 5.56 Å². The van der Waals surface area contributed by atoms with E-state index in [0.717, 1.165) is 0 Å². The van der Waals surface area contributed by atoms with Crippen molar-refractivity contribution in [1.82, 2.24) is 5.32 Å². The largest absolute Gasteiger partial charge is 0.479 e. The summed E-state index contributed by atoms with van der Waals surface area (Å²) in [5.41, 5.74) is -1.60. The smallest absolute Gasteiger partial charge is 0.408 e. The number of carboxylic acids is 1. The van der Waals surface area contributed by atoms with Crippen molar-refractivity contribution >= 4 is 24.7 Å². The summed E-state index contributed by atoms with van der Waals surface area (Å²) in [5.74, 6) is -1.18. The maximum absolute atomic E-state index is 11.9. The highest BCUT2D eigenvalue weighted by Gasteiger charge is 2.43. The van der Waals surface area contributed by atoms with E-state index in [1.165, 1.54) is 6.92 Å². The van der Waals surface area contributed by atoms with Crippen molar-refractivity contribution in [3.05, 3.63) is 35.9 Å². The fourth-order valence-corrected chi connectivity index (χ4v) is 2.07. The molecule has 0 spiro atoms. The van der Waals surface area contributed by atoms with Crippen LogP contribution in [0.3, 0.4) is 0 Å². The molecule has 0 unspecified atom stereocenters. The fraction of sp³-hybridized carbons (Fsp3) is 0.467. The summed E-state index contributed by atoms with van der Waals surface area (Å²) in [4.78, 5) is 23.5. The van der Waals surface area contributed by atoms with Crippen LogP contribution in [0.1, 0.15) is 38.5 Å². The molecular weight excluding hydrogens is 290 g/mol. The number of amides is 1. The van der Waals surface area contributed by atoms with Crippen molar-refractivity contribution in [2.24, 2.45) is 0 Å². The molecule has 0 saturated carbocycles. The first-order valence-electron chi connectivity index (χ1n) is 6.54. The number of nitrogens with one attached hydrogen (secondary N) is 1. The van der Waals surface area contributed by atoms with Crippen LogP contribution in [-0.2, 0) is 9.53 Å². The number of benzene rings is 1. The predicted octanol–water partition coefficient (Wildman–Crippen LogP) is 3.03. The van der Waals surface area contributed by atoms with Gasteiger partial charge in [-0.2, -0.15) is 12.6 Å². The first kappa shape index (κ1) is 17.4. The highest BCUT2D eigenvalue weighted by Crippen LogP contribution is 2.32. The van der Waals surface area contributed by atoms with E-state index in [4.69, 9.17) is 4.74 Å². The van der Waals surface area contributed by atoms with E-state index in [-0.39, 0.29) is 0 Å². The van der Waals surface area contributed by atoms with Crippen molar-refractivity contribution < 1.29 is 19.4 Å². The van der Waals surface area contributed by atoms with Gasteiger partial charge in [-0.25, -0.2) is 9.59 Å². The van der Waals surface area contributed by atoms with Gasteiger partial charge in [-0.05, 0) is 33.3 Å². The fourth-order valence-electron chi connectivity index (χ4n) is 1.72. The lowest BCUT2D eigenvalue weighted by atomic mass is 9.92. The summed E-state index contributed by atoms with van der Waals surface area (Å²) < 4.78 is 5.12. The molecule has 1 aromatic carbocycles. The second kappa shape index (κ2) is 6.39. The van der Waals surface area contributed by atoms with Crippen LogP contribution in [0.4, 0.5) is 4.79 Å². The zero-order chi connectivity index (χ0) is 16.3. The van der Waals surface area contributed by atoms with Crippen LogP contribution in [0.5, 0.6) is 0 Å². The molecular formula is C15H21NO4S. The van der Waals surface area contributed by atoms with Gasteiger partial charge in [0.2, 0.25) is 0 Å². The number of carboxylic acid groups (broad SMARTS) is 1. The minimum Gasteiger partial charge on any atom is -0.479 e. The number of hydrogen-bond donors (Lipinski definition) is 3. The minimum atomic E-state index is -1.59. The van der Waals surface area contributed by atoms with Gasteiger partial charge in [-0.1, -0.05) is 30.3 Å². The SMILES string of the molecule is CC(C)(C)OC(=O)N[C@](C)(C(=O)O)[C@@H](S)c1ccccc1. The number of aliphatic carboxylic acids is 1. The number of ether oxygens (including phenoxy) is 1. The molecule has 0 aliphatic heterocycles. The Bertz CT molecular complexity index is 512. The van der Waals surface area contributed by atoms with Crippen LogP contribution in [0, 0.1) is 0 Å². The van der Waals surface area contributed by atoms with Crippen molar-refractivity contribution in [2.75, 3.05) is 0 Å². The summed E-state index contributed by atoms with van der Waals surface area (Å²) in [6, 6.07) is 8.91. The maximum Gasteiger partial charge on any atom is 0.408 e. The minimum absolute atomic E-state index is 0.696. The third-order valence-electron chi connectivity index (χ3n) is 2.87. The van der Waals surface area contributed by atoms with E-state index < -0.39 is 28.5 Å². The summed E-state index contributed by atoms with van der Waals surface area (Å²) in [6.07, 6.45) is -0.789. The summed E-state index contributed by atoms with van der Waals surface area (Å²) >= 11 is 4.37. The van der Waals surface area contributed by atoms with Crippen LogP contribution in [0.25, 0.3) is 0 Å². The average Bonchev–Trinajstić information content (AvgIpc) is 2.36. The van der Waals surface area contributed by atoms with E-state index >= 15 is 0 Å². The lowest BCUT2D eigenvalue weighted by molar-refractivity contribution is -0.144. The number of hydrogen-bond acceptors (Lipinski definition) is 4. The Morgan fingerprint density at radius 3 is 2.14 bits per heavy atom. The highest BCUT2D eigenvalue weighted by atomic mass is 32.1. The van der Waals surface area contributed by atoms with Crippen LogP contribution < -0.4 is 5.32 Å². The van der Waals surface area contributed by atoms with Gasteiger partial charge in [0.25, 0.3) is 0 Å². The van der Waals surface area contributed by atoms with Gasteiger partial charge >= 0.3 is 12.1 Å². The van der Waals surface area contributed by atoms with Gasteiger partial charge in [0, 0.05) is 0 Å². The maximum atomic E-state index is 11.9. The Kier molecular flexibility index (Phi) is 5.28. The lowest BCUT2D eigenvalue weighted by Crippen LogP contribution is -2.56. The topological polar surface area (TPSA) is 75.6 Å². The Labute approximate surface area is 130 Å². The molecule has 116 valence electrons. The standard InChI is InChI=1S/C15H21NO4S/c1-14(2,3)20-13(19)16-15(4,12(17)18)11(21)10-8-6-5-7-9-10/h5-9,11,21H,1-4H3,(H,16,19)(H,17,18)/t11-,15-/m0/s1. The van der Waals surface area contributed by atoms with E-state index in [9.17, 15) is 14.7 Å². The predicted molar refractivity (Wildman–Crippen MR) is 83.6 cm³/mol. The number of carbonyl (C=O) groups excluding carboxylic acids is 1. The quantitative estimate of drug-likeness (QED) is 0.747. The van der Waals surface area contributed by atoms with Gasteiger partial charge in [0.05, 0.1) is 5.25 Å². The summed E-state index contributed by atoms with van der Waals surface area (Å²) in [7, 11) is 0. The lowest BCUT2D eigenvalue weighted by Gasteiger charge is -2.33.